The van der Waals surface area contributed by atoms with E-state index in [0.717, 1.165) is 6.08 Å². The van der Waals surface area contributed by atoms with Crippen LogP contribution in [0.15, 0.2) is 23.8 Å². The molecule has 0 saturated carbocycles. The fourth-order valence-electron chi connectivity index (χ4n) is 0.869. The molecule has 4 nitrogen and oxygen atoms in total. The largest absolute Gasteiger partial charge is 0.478 e. The Labute approximate surface area is 82.6 Å². The molecule has 0 spiro atoms. The molecule has 4 heteroatoms. The second-order valence-corrected chi connectivity index (χ2v) is 3.83. The molecule has 78 valence electrons. The fraction of sp³-hybridized carbons (Fsp3) is 0.400. The topological polar surface area (TPSA) is 74.6 Å². The highest BCUT2D eigenvalue weighted by atomic mass is 16.4. The predicted octanol–water partition coefficient (Wildman–Crippen LogP) is 1.68. The van der Waals surface area contributed by atoms with E-state index in [2.05, 4.69) is 0 Å². The molecule has 0 unspecified atom stereocenters. The highest BCUT2D eigenvalue weighted by Crippen LogP contribution is 2.25. The van der Waals surface area contributed by atoms with Gasteiger partial charge in [-0.1, -0.05) is 32.9 Å². The number of carbonyl (C=O) groups is 2. The van der Waals surface area contributed by atoms with Crippen LogP contribution in [0.1, 0.15) is 20.8 Å². The first kappa shape index (κ1) is 12.4. The molecule has 0 saturated heterocycles. The van der Waals surface area contributed by atoms with Gasteiger partial charge in [-0.3, -0.25) is 0 Å². The van der Waals surface area contributed by atoms with Gasteiger partial charge in [0.15, 0.2) is 0 Å². The van der Waals surface area contributed by atoms with Crippen molar-refractivity contribution >= 4 is 11.9 Å². The van der Waals surface area contributed by atoms with Crippen molar-refractivity contribution in [3.05, 3.63) is 23.8 Å². The molecule has 0 aliphatic carbocycles. The number of carboxylic acids is 2. The Bertz CT molecular complexity index is 292. The SMILES string of the molecule is CC(C)(C)C(=CC=CC(=O)O)C(=O)O. The summed E-state index contributed by atoms with van der Waals surface area (Å²) >= 11 is 0. The average molecular weight is 198 g/mol. The van der Waals surface area contributed by atoms with Crippen LogP contribution in [0, 0.1) is 5.41 Å². The number of hydrogen-bond acceptors (Lipinski definition) is 2. The molecule has 0 aromatic heterocycles. The first-order valence-electron chi connectivity index (χ1n) is 4.10. The summed E-state index contributed by atoms with van der Waals surface area (Å²) in [5, 5.41) is 17.1. The number of rotatable bonds is 3. The molecule has 14 heavy (non-hydrogen) atoms. The predicted molar refractivity (Wildman–Crippen MR) is 51.9 cm³/mol. The van der Waals surface area contributed by atoms with E-state index in [4.69, 9.17) is 10.2 Å². The Kier molecular flexibility index (Phi) is 4.08. The number of hydrogen-bond donors (Lipinski definition) is 2. The standard InChI is InChI=1S/C10H14O4/c1-10(2,3)7(9(13)14)5-4-6-8(11)12/h4-6H,1-3H3,(H,11,12)(H,13,14). The van der Waals surface area contributed by atoms with E-state index < -0.39 is 17.4 Å². The van der Waals surface area contributed by atoms with Crippen molar-refractivity contribution in [1.82, 2.24) is 0 Å². The number of aliphatic carboxylic acids is 2. The lowest BCUT2D eigenvalue weighted by atomic mass is 9.86. The van der Waals surface area contributed by atoms with E-state index in [1.54, 1.807) is 20.8 Å². The summed E-state index contributed by atoms with van der Waals surface area (Å²) < 4.78 is 0. The Morgan fingerprint density at radius 2 is 1.64 bits per heavy atom. The van der Waals surface area contributed by atoms with Crippen molar-refractivity contribution in [2.24, 2.45) is 5.41 Å². The van der Waals surface area contributed by atoms with Gasteiger partial charge in [-0.15, -0.1) is 0 Å². The van der Waals surface area contributed by atoms with Gasteiger partial charge in [0.05, 0.1) is 0 Å². The minimum absolute atomic E-state index is 0.176. The van der Waals surface area contributed by atoms with Crippen LogP contribution in [-0.2, 0) is 9.59 Å². The summed E-state index contributed by atoms with van der Waals surface area (Å²) in [4.78, 5) is 20.9. The minimum Gasteiger partial charge on any atom is -0.478 e. The normalized spacial score (nSPS) is 13.2. The summed E-state index contributed by atoms with van der Waals surface area (Å²) in [6, 6.07) is 0. The van der Waals surface area contributed by atoms with Crippen molar-refractivity contribution in [2.75, 3.05) is 0 Å². The maximum absolute atomic E-state index is 10.8. The van der Waals surface area contributed by atoms with Crippen LogP contribution in [-0.4, -0.2) is 22.2 Å². The van der Waals surface area contributed by atoms with E-state index in [0.29, 0.717) is 0 Å². The first-order valence-corrected chi connectivity index (χ1v) is 4.10. The summed E-state index contributed by atoms with van der Waals surface area (Å²) in [6.07, 6.45) is 3.42. The smallest absolute Gasteiger partial charge is 0.332 e. The summed E-state index contributed by atoms with van der Waals surface area (Å²) in [7, 11) is 0. The molecule has 0 rings (SSSR count). The van der Waals surface area contributed by atoms with E-state index >= 15 is 0 Å². The lowest BCUT2D eigenvalue weighted by Gasteiger charge is -2.18. The van der Waals surface area contributed by atoms with E-state index in [1.807, 2.05) is 0 Å². The van der Waals surface area contributed by atoms with Gasteiger partial charge < -0.3 is 10.2 Å². The molecule has 0 amide bonds. The first-order chi connectivity index (χ1) is 6.25. The Hall–Kier alpha value is -1.58. The molecule has 2 N–H and O–H groups in total. The van der Waals surface area contributed by atoms with Crippen LogP contribution < -0.4 is 0 Å². The average Bonchev–Trinajstić information content (AvgIpc) is 1.94. The molecule has 0 heterocycles. The Morgan fingerprint density at radius 1 is 1.14 bits per heavy atom. The lowest BCUT2D eigenvalue weighted by molar-refractivity contribution is -0.134. The Balaban J connectivity index is 4.86. The maximum Gasteiger partial charge on any atom is 0.332 e. The van der Waals surface area contributed by atoms with Crippen LogP contribution in [0.4, 0.5) is 0 Å². The van der Waals surface area contributed by atoms with Crippen LogP contribution >= 0.6 is 0 Å². The molecule has 0 aliphatic heterocycles. The molecular weight excluding hydrogens is 184 g/mol. The minimum atomic E-state index is -1.10. The van der Waals surface area contributed by atoms with Gasteiger partial charge in [-0.05, 0) is 5.41 Å². The summed E-state index contributed by atoms with van der Waals surface area (Å²) in [5.74, 6) is -2.13. The van der Waals surface area contributed by atoms with Gasteiger partial charge in [-0.25, -0.2) is 9.59 Å². The Morgan fingerprint density at radius 3 is 1.93 bits per heavy atom. The van der Waals surface area contributed by atoms with Crippen LogP contribution in [0.25, 0.3) is 0 Å². The quantitative estimate of drug-likeness (QED) is 0.534. The van der Waals surface area contributed by atoms with E-state index in [9.17, 15) is 9.59 Å². The molecule has 0 aliphatic rings. The summed E-state index contributed by atoms with van der Waals surface area (Å²) in [5.41, 5.74) is -0.329. The van der Waals surface area contributed by atoms with Gasteiger partial charge in [0, 0.05) is 11.6 Å². The molecule has 0 fully saturated rings. The molecule has 0 aromatic carbocycles. The maximum atomic E-state index is 10.8. The number of allylic oxidation sites excluding steroid dienone is 2. The molecule has 0 radical (unpaired) electrons. The molecular formula is C10H14O4. The van der Waals surface area contributed by atoms with Gasteiger partial charge in [0.2, 0.25) is 0 Å². The highest BCUT2D eigenvalue weighted by molar-refractivity contribution is 5.88. The molecule has 0 bridgehead atoms. The van der Waals surface area contributed by atoms with Crippen LogP contribution in [0.3, 0.4) is 0 Å². The second kappa shape index (κ2) is 4.60. The number of carboxylic acid groups (broad SMARTS) is 2. The third-order valence-corrected chi connectivity index (χ3v) is 1.54. The van der Waals surface area contributed by atoms with E-state index in [1.165, 1.54) is 12.2 Å². The molecule has 0 atom stereocenters. The zero-order chi connectivity index (χ0) is 11.4. The van der Waals surface area contributed by atoms with E-state index in [-0.39, 0.29) is 5.57 Å². The van der Waals surface area contributed by atoms with Gasteiger partial charge in [0.1, 0.15) is 0 Å². The second-order valence-electron chi connectivity index (χ2n) is 3.83. The molecule has 0 aromatic rings. The van der Waals surface area contributed by atoms with Crippen molar-refractivity contribution in [1.29, 1.82) is 0 Å². The van der Waals surface area contributed by atoms with Gasteiger partial charge in [0.25, 0.3) is 0 Å². The van der Waals surface area contributed by atoms with Crippen LogP contribution in [0.5, 0.6) is 0 Å². The zero-order valence-corrected chi connectivity index (χ0v) is 8.44. The monoisotopic (exact) mass is 198 g/mol. The third-order valence-electron chi connectivity index (χ3n) is 1.54. The third kappa shape index (κ3) is 4.45. The lowest BCUT2D eigenvalue weighted by Crippen LogP contribution is -2.17. The van der Waals surface area contributed by atoms with Gasteiger partial charge >= 0.3 is 11.9 Å². The van der Waals surface area contributed by atoms with Gasteiger partial charge in [-0.2, -0.15) is 0 Å². The van der Waals surface area contributed by atoms with Crippen molar-refractivity contribution in [3.8, 4) is 0 Å². The van der Waals surface area contributed by atoms with Crippen molar-refractivity contribution in [2.45, 2.75) is 20.8 Å². The van der Waals surface area contributed by atoms with Crippen molar-refractivity contribution < 1.29 is 19.8 Å². The highest BCUT2D eigenvalue weighted by Gasteiger charge is 2.22. The zero-order valence-electron chi connectivity index (χ0n) is 8.44. The van der Waals surface area contributed by atoms with Crippen molar-refractivity contribution in [3.63, 3.8) is 0 Å². The fourth-order valence-corrected chi connectivity index (χ4v) is 0.869. The van der Waals surface area contributed by atoms with Crippen LogP contribution in [0.2, 0.25) is 0 Å². The summed E-state index contributed by atoms with van der Waals surface area (Å²) in [6.45, 7) is 5.25.